The molecule has 0 fully saturated rings. The van der Waals surface area contributed by atoms with Gasteiger partial charge in [0.2, 0.25) is 0 Å². The van der Waals surface area contributed by atoms with Gasteiger partial charge in [-0.3, -0.25) is 9.80 Å². The summed E-state index contributed by atoms with van der Waals surface area (Å²) in [5.74, 6) is 0. The summed E-state index contributed by atoms with van der Waals surface area (Å²) in [6.07, 6.45) is 1.71. The topological polar surface area (TPSA) is 54.1 Å². The highest BCUT2D eigenvalue weighted by Crippen LogP contribution is 2.23. The van der Waals surface area contributed by atoms with Crippen LogP contribution in [0, 0.1) is 22.7 Å². The molecule has 132 valence electrons. The highest BCUT2D eigenvalue weighted by molar-refractivity contribution is 7.38. The second-order valence-electron chi connectivity index (χ2n) is 7.22. The van der Waals surface area contributed by atoms with Crippen LogP contribution < -0.4 is 0 Å². The predicted molar refractivity (Wildman–Crippen MR) is 101 cm³/mol. The van der Waals surface area contributed by atoms with Gasteiger partial charge in [-0.05, 0) is 67.7 Å². The van der Waals surface area contributed by atoms with Gasteiger partial charge in [0, 0.05) is 24.2 Å². The van der Waals surface area contributed by atoms with Crippen LogP contribution >= 0.6 is 8.58 Å². The van der Waals surface area contributed by atoms with Gasteiger partial charge in [-0.1, -0.05) is 0 Å². The van der Waals surface area contributed by atoms with Crippen molar-refractivity contribution in [1.29, 1.82) is 10.5 Å². The van der Waals surface area contributed by atoms with Crippen molar-refractivity contribution in [2.24, 2.45) is 0 Å². The minimum absolute atomic E-state index is 0.0563. The first-order chi connectivity index (χ1) is 10.7. The highest BCUT2D eigenvalue weighted by atomic mass is 31.1. The zero-order chi connectivity index (χ0) is 18.2. The molecule has 0 rings (SSSR count). The maximum atomic E-state index is 9.54. The zero-order valence-corrected chi connectivity index (χ0v) is 17.2. The Morgan fingerprint density at radius 3 is 1.09 bits per heavy atom. The van der Waals surface area contributed by atoms with Crippen LogP contribution in [0.2, 0.25) is 0 Å². The van der Waals surface area contributed by atoms with E-state index in [1.165, 1.54) is 0 Å². The van der Waals surface area contributed by atoms with E-state index in [1.807, 2.05) is 0 Å². The van der Waals surface area contributed by atoms with Crippen LogP contribution in [0.4, 0.5) is 0 Å². The van der Waals surface area contributed by atoms with Crippen molar-refractivity contribution in [3.8, 4) is 12.1 Å². The molecule has 0 aromatic heterocycles. The molecular formula is C18H35N4P. The van der Waals surface area contributed by atoms with Crippen LogP contribution in [0.1, 0.15) is 55.4 Å². The van der Waals surface area contributed by atoms with Crippen molar-refractivity contribution in [2.45, 2.75) is 91.6 Å². The fraction of sp³-hybridized carbons (Fsp3) is 0.889. The van der Waals surface area contributed by atoms with E-state index in [1.54, 1.807) is 0 Å². The summed E-state index contributed by atoms with van der Waals surface area (Å²) in [5, 5.41) is 19.1. The van der Waals surface area contributed by atoms with Crippen LogP contribution in [-0.4, -0.2) is 58.4 Å². The first kappa shape index (κ1) is 22.3. The van der Waals surface area contributed by atoms with Crippen LogP contribution in [0.25, 0.3) is 0 Å². The quantitative estimate of drug-likeness (QED) is 0.570. The van der Waals surface area contributed by atoms with E-state index in [0.717, 1.165) is 12.3 Å². The number of rotatable bonds is 10. The molecule has 0 radical (unpaired) electrons. The van der Waals surface area contributed by atoms with E-state index in [0.29, 0.717) is 32.7 Å². The minimum atomic E-state index is -0.0563. The van der Waals surface area contributed by atoms with Gasteiger partial charge in [-0.25, -0.2) is 0 Å². The lowest BCUT2D eigenvalue weighted by Gasteiger charge is -2.36. The molecule has 0 aromatic rings. The molecule has 0 aromatic carbocycles. The van der Waals surface area contributed by atoms with Crippen molar-refractivity contribution in [3.63, 3.8) is 0 Å². The average molecular weight is 338 g/mol. The van der Waals surface area contributed by atoms with Gasteiger partial charge >= 0.3 is 0 Å². The monoisotopic (exact) mass is 338 g/mol. The van der Waals surface area contributed by atoms with Gasteiger partial charge in [0.25, 0.3) is 0 Å². The Morgan fingerprint density at radius 2 is 0.913 bits per heavy atom. The van der Waals surface area contributed by atoms with Crippen molar-refractivity contribution < 1.29 is 0 Å². The second-order valence-corrected chi connectivity index (χ2v) is 8.53. The molecule has 4 nitrogen and oxygen atoms in total. The van der Waals surface area contributed by atoms with Crippen molar-refractivity contribution in [3.05, 3.63) is 0 Å². The van der Waals surface area contributed by atoms with Gasteiger partial charge in [0.1, 0.15) is 12.1 Å². The molecule has 0 heterocycles. The predicted octanol–water partition coefficient (Wildman–Crippen LogP) is 3.69. The third-order valence-electron chi connectivity index (χ3n) is 4.08. The molecule has 0 amide bonds. The fourth-order valence-electron chi connectivity index (χ4n) is 3.42. The van der Waals surface area contributed by atoms with E-state index in [4.69, 9.17) is 0 Å². The zero-order valence-electron chi connectivity index (χ0n) is 16.2. The van der Waals surface area contributed by atoms with Crippen LogP contribution in [0.3, 0.4) is 0 Å². The van der Waals surface area contributed by atoms with E-state index in [9.17, 15) is 10.5 Å². The van der Waals surface area contributed by atoms with E-state index in [-0.39, 0.29) is 12.1 Å². The van der Waals surface area contributed by atoms with E-state index >= 15 is 0 Å². The van der Waals surface area contributed by atoms with Gasteiger partial charge in [-0.2, -0.15) is 10.5 Å². The molecular weight excluding hydrogens is 303 g/mol. The number of nitrogens with zero attached hydrogens (tertiary/aromatic N) is 4. The summed E-state index contributed by atoms with van der Waals surface area (Å²) in [6.45, 7) is 17.1. The van der Waals surface area contributed by atoms with Crippen molar-refractivity contribution in [2.75, 3.05) is 12.3 Å². The number of hydrogen-bond donors (Lipinski definition) is 0. The third-order valence-corrected chi connectivity index (χ3v) is 5.43. The lowest BCUT2D eigenvalue weighted by molar-refractivity contribution is 0.150. The smallest absolute Gasteiger partial charge is 0.102 e. The lowest BCUT2D eigenvalue weighted by Crippen LogP contribution is -2.47. The molecule has 0 aliphatic carbocycles. The summed E-state index contributed by atoms with van der Waals surface area (Å²) < 4.78 is 0. The van der Waals surface area contributed by atoms with Gasteiger partial charge in [0.15, 0.2) is 0 Å². The molecule has 0 spiro atoms. The Labute approximate surface area is 145 Å². The van der Waals surface area contributed by atoms with Crippen LogP contribution in [-0.2, 0) is 0 Å². The van der Waals surface area contributed by atoms with E-state index in [2.05, 4.69) is 77.3 Å². The minimum Gasteiger partial charge on any atom is -0.283 e. The standard InChI is InChI=1S/C18H35N4P/c1-13(2)21(14(3)4)17(9-19)11-23-12-18(10-20)22(15(5)6)16(7)8/h13-18,23H,11-12H2,1-8H3. The SMILES string of the molecule is CC(C)N(C(C)C)C(C#N)CPCC(C#N)N(C(C)C)C(C)C. The Kier molecular flexibility index (Phi) is 10.7. The fourth-order valence-corrected chi connectivity index (χ4v) is 4.74. The van der Waals surface area contributed by atoms with Crippen molar-refractivity contribution in [1.82, 2.24) is 9.80 Å². The molecule has 2 atom stereocenters. The number of nitriles is 2. The first-order valence-corrected chi connectivity index (χ1v) is 10.1. The maximum absolute atomic E-state index is 9.54. The van der Waals surface area contributed by atoms with Crippen LogP contribution in [0.15, 0.2) is 0 Å². The first-order valence-electron chi connectivity index (χ1n) is 8.72. The van der Waals surface area contributed by atoms with Crippen molar-refractivity contribution >= 4 is 8.58 Å². The maximum Gasteiger partial charge on any atom is 0.102 e. The molecule has 0 aliphatic rings. The Bertz CT molecular complexity index is 352. The summed E-state index contributed by atoms with van der Waals surface area (Å²) >= 11 is 0. The summed E-state index contributed by atoms with van der Waals surface area (Å²) in [4.78, 5) is 4.55. The number of hydrogen-bond acceptors (Lipinski definition) is 4. The molecule has 23 heavy (non-hydrogen) atoms. The Hall–Kier alpha value is -0.670. The third kappa shape index (κ3) is 7.17. The summed E-state index contributed by atoms with van der Waals surface area (Å²) in [7, 11) is 0.635. The average Bonchev–Trinajstić information content (AvgIpc) is 2.42. The van der Waals surface area contributed by atoms with Gasteiger partial charge in [-0.15, -0.1) is 8.58 Å². The molecule has 2 unspecified atom stereocenters. The normalized spacial score (nSPS) is 15.3. The molecule has 0 saturated heterocycles. The molecule has 0 saturated carbocycles. The molecule has 0 aliphatic heterocycles. The Balaban J connectivity index is 4.77. The highest BCUT2D eigenvalue weighted by Gasteiger charge is 2.26. The van der Waals surface area contributed by atoms with E-state index < -0.39 is 0 Å². The summed E-state index contributed by atoms with van der Waals surface area (Å²) in [5.41, 5.74) is 0. The molecule has 0 N–H and O–H groups in total. The second kappa shape index (κ2) is 11.0. The Morgan fingerprint density at radius 1 is 0.652 bits per heavy atom. The summed E-state index contributed by atoms with van der Waals surface area (Å²) in [6, 6.07) is 6.26. The lowest BCUT2D eigenvalue weighted by atomic mass is 10.1. The van der Waals surface area contributed by atoms with Gasteiger partial charge < -0.3 is 0 Å². The van der Waals surface area contributed by atoms with Crippen LogP contribution in [0.5, 0.6) is 0 Å². The largest absolute Gasteiger partial charge is 0.283 e. The molecule has 0 bridgehead atoms. The van der Waals surface area contributed by atoms with Gasteiger partial charge in [0.05, 0.1) is 12.1 Å². The molecule has 5 heteroatoms.